The van der Waals surface area contributed by atoms with Crippen molar-refractivity contribution in [2.45, 2.75) is 33.1 Å². The summed E-state index contributed by atoms with van der Waals surface area (Å²) in [5.41, 5.74) is 2.28. The van der Waals surface area contributed by atoms with Crippen LogP contribution in [0.15, 0.2) is 54.6 Å². The van der Waals surface area contributed by atoms with E-state index < -0.39 is 0 Å². The molecule has 0 N–H and O–H groups in total. The Hall–Kier alpha value is -1.95. The average molecular weight is 387 g/mol. The highest BCUT2D eigenvalue weighted by atomic mass is 35.5. The highest BCUT2D eigenvalue weighted by Gasteiger charge is 2.15. The molecule has 4 nitrogen and oxygen atoms in total. The molecule has 0 aliphatic heterocycles. The Morgan fingerprint density at radius 1 is 1.08 bits per heavy atom. The molecule has 3 rings (SSSR count). The molecule has 1 aromatic heterocycles. The fourth-order valence-electron chi connectivity index (χ4n) is 2.82. The van der Waals surface area contributed by atoms with Crippen LogP contribution in [-0.2, 0) is 20.3 Å². The van der Waals surface area contributed by atoms with Crippen molar-refractivity contribution in [3.63, 3.8) is 0 Å². The molecule has 0 aliphatic carbocycles. The molecule has 0 radical (unpaired) electrons. The van der Waals surface area contributed by atoms with Crippen molar-refractivity contribution >= 4 is 23.8 Å². The molecule has 0 bridgehead atoms. The lowest BCUT2D eigenvalue weighted by Crippen LogP contribution is -2.33. The average Bonchev–Trinajstić information content (AvgIpc) is 2.91. The molecule has 0 unspecified atom stereocenters. The van der Waals surface area contributed by atoms with Crippen LogP contribution in [0, 0.1) is 4.77 Å². The molecule has 0 amide bonds. The molecule has 6 heteroatoms. The van der Waals surface area contributed by atoms with E-state index in [0.29, 0.717) is 22.5 Å². The quantitative estimate of drug-likeness (QED) is 0.548. The molecular weight excluding hydrogens is 364 g/mol. The van der Waals surface area contributed by atoms with Gasteiger partial charge in [0, 0.05) is 30.2 Å². The van der Waals surface area contributed by atoms with Crippen LogP contribution in [-0.4, -0.2) is 25.3 Å². The zero-order valence-electron chi connectivity index (χ0n) is 15.3. The fourth-order valence-corrected chi connectivity index (χ4v) is 3.13. The fraction of sp³-hybridized carbons (Fsp3) is 0.300. The van der Waals surface area contributed by atoms with Crippen LogP contribution in [0.1, 0.15) is 19.4 Å². The Bertz CT molecular complexity index is 913. The van der Waals surface area contributed by atoms with Gasteiger partial charge in [-0.25, -0.2) is 4.68 Å². The van der Waals surface area contributed by atoms with E-state index in [1.54, 1.807) is 0 Å². The molecule has 0 saturated heterocycles. The highest BCUT2D eigenvalue weighted by Crippen LogP contribution is 2.20. The van der Waals surface area contributed by atoms with Crippen molar-refractivity contribution in [3.8, 4) is 11.4 Å². The maximum atomic E-state index is 6.00. The number of nitrogens with zero attached hydrogens (tertiary/aromatic N) is 4. The van der Waals surface area contributed by atoms with Crippen LogP contribution >= 0.6 is 23.8 Å². The van der Waals surface area contributed by atoms with Crippen LogP contribution in [0.5, 0.6) is 0 Å². The Balaban J connectivity index is 1.87. The number of hydrogen-bond donors (Lipinski definition) is 0. The summed E-state index contributed by atoms with van der Waals surface area (Å²) in [5, 5.41) is 5.48. The van der Waals surface area contributed by atoms with Crippen LogP contribution in [0.2, 0.25) is 5.02 Å². The summed E-state index contributed by atoms with van der Waals surface area (Å²) in [4.78, 5) is 2.35. The Morgan fingerprint density at radius 3 is 2.35 bits per heavy atom. The smallest absolute Gasteiger partial charge is 0.199 e. The molecular formula is C20H23ClN4S. The summed E-state index contributed by atoms with van der Waals surface area (Å²) in [7, 11) is 1.95. The molecule has 26 heavy (non-hydrogen) atoms. The number of rotatable bonds is 6. The molecule has 0 fully saturated rings. The molecule has 3 aromatic rings. The second kappa shape index (κ2) is 8.16. The minimum absolute atomic E-state index is 0.373. The number of halogens is 1. The predicted molar refractivity (Wildman–Crippen MR) is 110 cm³/mol. The van der Waals surface area contributed by atoms with Crippen molar-refractivity contribution in [1.82, 2.24) is 19.2 Å². The summed E-state index contributed by atoms with van der Waals surface area (Å²) in [6.45, 7) is 5.88. The largest absolute Gasteiger partial charge is 0.303 e. The van der Waals surface area contributed by atoms with Gasteiger partial charge in [0.2, 0.25) is 0 Å². The van der Waals surface area contributed by atoms with Crippen LogP contribution in [0.4, 0.5) is 0 Å². The van der Waals surface area contributed by atoms with E-state index in [1.807, 2.05) is 46.6 Å². The first-order chi connectivity index (χ1) is 12.5. The van der Waals surface area contributed by atoms with E-state index in [4.69, 9.17) is 28.9 Å². The lowest BCUT2D eigenvalue weighted by atomic mass is 10.2. The predicted octanol–water partition coefficient (Wildman–Crippen LogP) is 5.14. The van der Waals surface area contributed by atoms with E-state index in [0.717, 1.165) is 17.9 Å². The second-order valence-electron chi connectivity index (χ2n) is 6.64. The van der Waals surface area contributed by atoms with Crippen molar-refractivity contribution in [3.05, 3.63) is 70.0 Å². The van der Waals surface area contributed by atoms with Gasteiger partial charge in [-0.2, -0.15) is 5.10 Å². The molecule has 0 spiro atoms. The van der Waals surface area contributed by atoms with Crippen molar-refractivity contribution < 1.29 is 0 Å². The topological polar surface area (TPSA) is 26.0 Å². The van der Waals surface area contributed by atoms with Gasteiger partial charge in [0.1, 0.15) is 0 Å². The lowest BCUT2D eigenvalue weighted by Gasteiger charge is -2.26. The first-order valence-electron chi connectivity index (χ1n) is 8.63. The van der Waals surface area contributed by atoms with Gasteiger partial charge in [-0.05, 0) is 55.9 Å². The zero-order chi connectivity index (χ0) is 18.7. The van der Waals surface area contributed by atoms with E-state index >= 15 is 0 Å². The molecule has 0 atom stereocenters. The van der Waals surface area contributed by atoms with E-state index in [-0.39, 0.29) is 0 Å². The molecule has 136 valence electrons. The SMILES string of the molecule is CC(C)N(Cc1ccccc1)Cn1nc(-c2ccc(Cl)cc2)n(C)c1=S. The lowest BCUT2D eigenvalue weighted by molar-refractivity contribution is 0.153. The third kappa shape index (κ3) is 4.23. The van der Waals surface area contributed by atoms with Gasteiger partial charge in [0.25, 0.3) is 0 Å². The maximum Gasteiger partial charge on any atom is 0.199 e. The van der Waals surface area contributed by atoms with Gasteiger partial charge in [0.05, 0.1) is 6.67 Å². The van der Waals surface area contributed by atoms with E-state index in [1.165, 1.54) is 5.56 Å². The third-order valence-corrected chi connectivity index (χ3v) is 5.15. The summed E-state index contributed by atoms with van der Waals surface area (Å²) in [6.07, 6.45) is 0. The third-order valence-electron chi connectivity index (χ3n) is 4.42. The Labute approximate surface area is 164 Å². The Morgan fingerprint density at radius 2 is 1.73 bits per heavy atom. The highest BCUT2D eigenvalue weighted by molar-refractivity contribution is 7.71. The second-order valence-corrected chi connectivity index (χ2v) is 7.44. The van der Waals surface area contributed by atoms with Gasteiger partial charge in [-0.1, -0.05) is 41.9 Å². The molecule has 0 aliphatic rings. The standard InChI is InChI=1S/C20H23ClN4S/c1-15(2)24(13-16-7-5-4-6-8-16)14-25-20(26)23(3)19(22-25)17-9-11-18(21)12-10-17/h4-12,15H,13-14H2,1-3H3. The van der Waals surface area contributed by atoms with E-state index in [9.17, 15) is 0 Å². The number of aromatic nitrogens is 3. The van der Waals surface area contributed by atoms with Gasteiger partial charge in [0.15, 0.2) is 10.6 Å². The van der Waals surface area contributed by atoms with Gasteiger partial charge in [-0.15, -0.1) is 0 Å². The van der Waals surface area contributed by atoms with Gasteiger partial charge < -0.3 is 4.57 Å². The van der Waals surface area contributed by atoms with Gasteiger partial charge in [-0.3, -0.25) is 4.90 Å². The van der Waals surface area contributed by atoms with Crippen molar-refractivity contribution in [2.75, 3.05) is 0 Å². The molecule has 1 heterocycles. The first-order valence-corrected chi connectivity index (χ1v) is 9.42. The van der Waals surface area contributed by atoms with Crippen LogP contribution < -0.4 is 0 Å². The summed E-state index contributed by atoms with van der Waals surface area (Å²) < 4.78 is 4.54. The minimum Gasteiger partial charge on any atom is -0.303 e. The minimum atomic E-state index is 0.373. The summed E-state index contributed by atoms with van der Waals surface area (Å²) in [5.74, 6) is 0.843. The van der Waals surface area contributed by atoms with Crippen LogP contribution in [0.3, 0.4) is 0 Å². The van der Waals surface area contributed by atoms with Crippen molar-refractivity contribution in [1.29, 1.82) is 0 Å². The van der Waals surface area contributed by atoms with Crippen LogP contribution in [0.25, 0.3) is 11.4 Å². The molecule has 2 aromatic carbocycles. The van der Waals surface area contributed by atoms with Crippen molar-refractivity contribution in [2.24, 2.45) is 7.05 Å². The molecule has 0 saturated carbocycles. The first kappa shape index (κ1) is 18.8. The number of hydrogen-bond acceptors (Lipinski definition) is 3. The maximum absolute atomic E-state index is 6.00. The number of benzene rings is 2. The summed E-state index contributed by atoms with van der Waals surface area (Å²) in [6, 6.07) is 18.5. The zero-order valence-corrected chi connectivity index (χ0v) is 16.8. The van der Waals surface area contributed by atoms with Gasteiger partial charge >= 0.3 is 0 Å². The normalized spacial score (nSPS) is 11.5. The monoisotopic (exact) mass is 386 g/mol. The summed E-state index contributed by atoms with van der Waals surface area (Å²) >= 11 is 11.6. The van der Waals surface area contributed by atoms with E-state index in [2.05, 4.69) is 43.0 Å². The Kier molecular flexibility index (Phi) is 5.91.